The Bertz CT molecular complexity index is 641. The lowest BCUT2D eigenvalue weighted by Crippen LogP contribution is -2.38. The fourth-order valence-electron chi connectivity index (χ4n) is 5.67. The largest absolute Gasteiger partial charge is 0.317 e. The fourth-order valence-corrected chi connectivity index (χ4v) is 5.67. The standard InChI is InChI=1S/C20H26N2O/c23-18(16-13-19(16)9-11-21-12-10-19)22-14-20(7-3-4-8-20)15-5-1-2-6-17(15)22/h1-2,5-6,16,21H,3-4,7-14H2. The molecule has 2 saturated carbocycles. The maximum absolute atomic E-state index is 13.3. The number of nitrogens with zero attached hydrogens (tertiary/aromatic N) is 1. The number of para-hydroxylation sites is 1. The molecule has 1 atom stereocenters. The smallest absolute Gasteiger partial charge is 0.230 e. The van der Waals surface area contributed by atoms with Crippen molar-refractivity contribution in [2.75, 3.05) is 24.5 Å². The van der Waals surface area contributed by atoms with Crippen LogP contribution < -0.4 is 10.2 Å². The monoisotopic (exact) mass is 310 g/mol. The Morgan fingerprint density at radius 1 is 1.09 bits per heavy atom. The average molecular weight is 310 g/mol. The zero-order valence-corrected chi connectivity index (χ0v) is 13.8. The molecule has 5 rings (SSSR count). The number of carbonyl (C=O) groups is 1. The topological polar surface area (TPSA) is 32.3 Å². The van der Waals surface area contributed by atoms with E-state index in [9.17, 15) is 4.79 Å². The van der Waals surface area contributed by atoms with Crippen LogP contribution in [0.2, 0.25) is 0 Å². The second-order valence-corrected chi connectivity index (χ2v) is 8.30. The minimum atomic E-state index is 0.266. The molecule has 3 nitrogen and oxygen atoms in total. The van der Waals surface area contributed by atoms with Crippen LogP contribution in [-0.4, -0.2) is 25.5 Å². The van der Waals surface area contributed by atoms with Crippen LogP contribution in [0.3, 0.4) is 0 Å². The molecule has 2 aliphatic heterocycles. The molecule has 4 aliphatic rings. The molecule has 1 N–H and O–H groups in total. The summed E-state index contributed by atoms with van der Waals surface area (Å²) in [7, 11) is 0. The molecule has 1 saturated heterocycles. The van der Waals surface area contributed by atoms with Gasteiger partial charge in [0, 0.05) is 23.6 Å². The number of rotatable bonds is 1. The predicted molar refractivity (Wildman–Crippen MR) is 91.6 cm³/mol. The van der Waals surface area contributed by atoms with Gasteiger partial charge in [0.25, 0.3) is 0 Å². The predicted octanol–water partition coefficient (Wildman–Crippen LogP) is 3.23. The summed E-state index contributed by atoms with van der Waals surface area (Å²) >= 11 is 0. The van der Waals surface area contributed by atoms with Crippen LogP contribution in [-0.2, 0) is 10.2 Å². The Balaban J connectivity index is 1.44. The molecule has 1 aromatic rings. The van der Waals surface area contributed by atoms with Crippen molar-refractivity contribution in [1.29, 1.82) is 0 Å². The summed E-state index contributed by atoms with van der Waals surface area (Å²) in [4.78, 5) is 15.5. The van der Waals surface area contributed by atoms with E-state index >= 15 is 0 Å². The van der Waals surface area contributed by atoms with Crippen molar-refractivity contribution in [2.45, 2.75) is 50.4 Å². The summed E-state index contributed by atoms with van der Waals surface area (Å²) in [6.07, 6.45) is 8.64. The Labute approximate surface area is 138 Å². The minimum absolute atomic E-state index is 0.266. The van der Waals surface area contributed by atoms with Crippen LogP contribution >= 0.6 is 0 Å². The van der Waals surface area contributed by atoms with Gasteiger partial charge in [-0.2, -0.15) is 0 Å². The summed E-state index contributed by atoms with van der Waals surface area (Å²) in [5, 5.41) is 3.44. The van der Waals surface area contributed by atoms with Crippen molar-refractivity contribution < 1.29 is 4.79 Å². The van der Waals surface area contributed by atoms with Crippen LogP contribution in [0.1, 0.15) is 50.5 Å². The quantitative estimate of drug-likeness (QED) is 0.863. The van der Waals surface area contributed by atoms with Gasteiger partial charge in [0.1, 0.15) is 0 Å². The first-order valence-corrected chi connectivity index (χ1v) is 9.36. The van der Waals surface area contributed by atoms with Crippen molar-refractivity contribution in [3.63, 3.8) is 0 Å². The molecule has 0 aromatic heterocycles. The van der Waals surface area contributed by atoms with E-state index in [1.54, 1.807) is 0 Å². The summed E-state index contributed by atoms with van der Waals surface area (Å²) < 4.78 is 0. The molecule has 2 aliphatic carbocycles. The van der Waals surface area contributed by atoms with E-state index in [4.69, 9.17) is 0 Å². The van der Waals surface area contributed by atoms with Crippen LogP contribution in [0, 0.1) is 11.3 Å². The molecule has 1 aromatic carbocycles. The first-order valence-electron chi connectivity index (χ1n) is 9.36. The van der Waals surface area contributed by atoms with Gasteiger partial charge < -0.3 is 10.2 Å². The number of anilines is 1. The first kappa shape index (κ1) is 14.0. The Morgan fingerprint density at radius 2 is 1.83 bits per heavy atom. The summed E-state index contributed by atoms with van der Waals surface area (Å²) in [5.41, 5.74) is 3.27. The average Bonchev–Trinajstić information content (AvgIpc) is 2.98. The van der Waals surface area contributed by atoms with E-state index in [2.05, 4.69) is 34.5 Å². The van der Waals surface area contributed by atoms with E-state index < -0.39 is 0 Å². The molecule has 2 heterocycles. The van der Waals surface area contributed by atoms with Gasteiger partial charge in [-0.1, -0.05) is 31.0 Å². The SMILES string of the molecule is O=C(C1CC12CCNCC2)N1CC2(CCCC2)c2ccccc21. The molecule has 122 valence electrons. The number of hydrogen-bond donors (Lipinski definition) is 1. The molecule has 0 bridgehead atoms. The van der Waals surface area contributed by atoms with Crippen molar-refractivity contribution in [1.82, 2.24) is 5.32 Å². The van der Waals surface area contributed by atoms with Crippen molar-refractivity contribution in [3.8, 4) is 0 Å². The van der Waals surface area contributed by atoms with E-state index in [1.807, 2.05) is 0 Å². The summed E-state index contributed by atoms with van der Waals surface area (Å²) in [6.45, 7) is 3.12. The molecular formula is C20H26N2O. The van der Waals surface area contributed by atoms with Gasteiger partial charge in [-0.25, -0.2) is 0 Å². The molecule has 1 unspecified atom stereocenters. The highest BCUT2D eigenvalue weighted by atomic mass is 16.2. The van der Waals surface area contributed by atoms with Crippen LogP contribution in [0.4, 0.5) is 5.69 Å². The van der Waals surface area contributed by atoms with E-state index in [1.165, 1.54) is 49.8 Å². The number of amides is 1. The number of benzene rings is 1. The maximum Gasteiger partial charge on any atom is 0.230 e. The van der Waals surface area contributed by atoms with E-state index in [-0.39, 0.29) is 11.3 Å². The third-order valence-corrected chi connectivity index (χ3v) is 7.14. The third-order valence-electron chi connectivity index (χ3n) is 7.14. The van der Waals surface area contributed by atoms with Gasteiger partial charge in [0.15, 0.2) is 0 Å². The molecule has 3 heteroatoms. The Hall–Kier alpha value is -1.35. The first-order chi connectivity index (χ1) is 11.2. The minimum Gasteiger partial charge on any atom is -0.317 e. The molecular weight excluding hydrogens is 284 g/mol. The van der Waals surface area contributed by atoms with E-state index in [0.717, 1.165) is 26.1 Å². The lowest BCUT2D eigenvalue weighted by atomic mass is 9.81. The normalized spacial score (nSPS) is 29.9. The highest BCUT2D eigenvalue weighted by Gasteiger charge is 2.60. The van der Waals surface area contributed by atoms with Gasteiger partial charge in [0.05, 0.1) is 0 Å². The molecule has 23 heavy (non-hydrogen) atoms. The number of fused-ring (bicyclic) bond motifs is 2. The molecule has 1 amide bonds. The second-order valence-electron chi connectivity index (χ2n) is 8.30. The molecule has 0 radical (unpaired) electrons. The highest BCUT2D eigenvalue weighted by molar-refractivity contribution is 6.00. The van der Waals surface area contributed by atoms with Crippen molar-refractivity contribution in [3.05, 3.63) is 29.8 Å². The highest BCUT2D eigenvalue weighted by Crippen LogP contribution is 2.60. The summed E-state index contributed by atoms with van der Waals surface area (Å²) in [5.74, 6) is 0.706. The van der Waals surface area contributed by atoms with Gasteiger partial charge >= 0.3 is 0 Å². The van der Waals surface area contributed by atoms with E-state index in [0.29, 0.717) is 11.3 Å². The number of piperidine rings is 1. The van der Waals surface area contributed by atoms with Crippen LogP contribution in [0.5, 0.6) is 0 Å². The molecule has 2 spiro atoms. The number of carbonyl (C=O) groups excluding carboxylic acids is 1. The van der Waals surface area contributed by atoms with Gasteiger partial charge in [-0.3, -0.25) is 4.79 Å². The van der Waals surface area contributed by atoms with Gasteiger partial charge in [-0.05, 0) is 62.2 Å². The third kappa shape index (κ3) is 1.95. The van der Waals surface area contributed by atoms with Crippen molar-refractivity contribution in [2.24, 2.45) is 11.3 Å². The fraction of sp³-hybridized carbons (Fsp3) is 0.650. The second kappa shape index (κ2) is 4.83. The zero-order chi connectivity index (χ0) is 15.5. The molecule has 3 fully saturated rings. The Morgan fingerprint density at radius 3 is 2.61 bits per heavy atom. The van der Waals surface area contributed by atoms with Gasteiger partial charge in [-0.15, -0.1) is 0 Å². The maximum atomic E-state index is 13.3. The zero-order valence-electron chi connectivity index (χ0n) is 13.8. The van der Waals surface area contributed by atoms with Crippen molar-refractivity contribution >= 4 is 11.6 Å². The van der Waals surface area contributed by atoms with Crippen LogP contribution in [0.25, 0.3) is 0 Å². The lowest BCUT2D eigenvalue weighted by Gasteiger charge is -2.27. The summed E-state index contributed by atoms with van der Waals surface area (Å²) in [6, 6.07) is 8.71. The van der Waals surface area contributed by atoms with Gasteiger partial charge in [0.2, 0.25) is 5.91 Å². The Kier molecular flexibility index (Phi) is 2.94. The number of hydrogen-bond acceptors (Lipinski definition) is 2. The lowest BCUT2D eigenvalue weighted by molar-refractivity contribution is -0.120. The number of nitrogens with one attached hydrogen (secondary N) is 1. The van der Waals surface area contributed by atoms with Crippen LogP contribution in [0.15, 0.2) is 24.3 Å².